The number of sulfonamides is 1. The molecule has 1 aromatic heterocycles. The summed E-state index contributed by atoms with van der Waals surface area (Å²) in [6, 6.07) is 22.4. The summed E-state index contributed by atoms with van der Waals surface area (Å²) in [6.45, 7) is 5.77. The molecule has 0 aliphatic heterocycles. The highest BCUT2D eigenvalue weighted by Crippen LogP contribution is 2.41. The lowest BCUT2D eigenvalue weighted by Gasteiger charge is -2.21. The molecule has 0 saturated carbocycles. The fourth-order valence-corrected chi connectivity index (χ4v) is 5.97. The van der Waals surface area contributed by atoms with Gasteiger partial charge in [-0.3, -0.25) is 4.72 Å². The van der Waals surface area contributed by atoms with Crippen molar-refractivity contribution in [2.24, 2.45) is 0 Å². The summed E-state index contributed by atoms with van der Waals surface area (Å²) in [5.74, 6) is 0.700. The summed E-state index contributed by atoms with van der Waals surface area (Å²) < 4.78 is 37.5. The molecule has 1 heterocycles. The van der Waals surface area contributed by atoms with Crippen molar-refractivity contribution in [2.75, 3.05) is 11.8 Å². The van der Waals surface area contributed by atoms with Gasteiger partial charge in [0.25, 0.3) is 10.0 Å². The zero-order chi connectivity index (χ0) is 24.9. The number of halogens is 1. The number of para-hydroxylation sites is 1. The van der Waals surface area contributed by atoms with E-state index in [9.17, 15) is 8.42 Å². The lowest BCUT2D eigenvalue weighted by atomic mass is 10.1. The number of fused-ring (bicyclic) bond motifs is 3. The summed E-state index contributed by atoms with van der Waals surface area (Å²) >= 11 is 6.42. The van der Waals surface area contributed by atoms with Gasteiger partial charge in [-0.05, 0) is 62.7 Å². The molecule has 0 spiro atoms. The number of rotatable bonds is 5. The zero-order valence-corrected chi connectivity index (χ0v) is 21.5. The highest BCUT2D eigenvalue weighted by atomic mass is 35.5. The number of hydrogen-bond acceptors (Lipinski definition) is 3. The topological polar surface area (TPSA) is 60.3 Å². The summed E-state index contributed by atoms with van der Waals surface area (Å²) in [7, 11) is -2.22. The Bertz CT molecular complexity index is 1700. The van der Waals surface area contributed by atoms with E-state index in [-0.39, 0.29) is 4.90 Å². The molecule has 178 valence electrons. The fourth-order valence-electron chi connectivity index (χ4n) is 4.74. The first-order valence-electron chi connectivity index (χ1n) is 11.2. The predicted octanol–water partition coefficient (Wildman–Crippen LogP) is 7.17. The Kier molecular flexibility index (Phi) is 5.74. The van der Waals surface area contributed by atoms with Gasteiger partial charge in [-0.2, -0.15) is 0 Å². The average Bonchev–Trinajstić information content (AvgIpc) is 3.12. The van der Waals surface area contributed by atoms with Gasteiger partial charge >= 0.3 is 0 Å². The Labute approximate surface area is 210 Å². The third-order valence-corrected chi connectivity index (χ3v) is 7.93. The van der Waals surface area contributed by atoms with Crippen LogP contribution in [0.25, 0.3) is 27.5 Å². The van der Waals surface area contributed by atoms with Gasteiger partial charge in [0.2, 0.25) is 0 Å². The first-order chi connectivity index (χ1) is 16.7. The van der Waals surface area contributed by atoms with Crippen molar-refractivity contribution in [3.63, 3.8) is 0 Å². The van der Waals surface area contributed by atoms with Crippen LogP contribution in [0.15, 0.2) is 77.7 Å². The Morgan fingerprint density at radius 1 is 0.857 bits per heavy atom. The molecule has 0 amide bonds. The molecule has 0 atom stereocenters. The van der Waals surface area contributed by atoms with Gasteiger partial charge in [-0.1, -0.05) is 53.6 Å². The molecule has 5 nitrogen and oxygen atoms in total. The van der Waals surface area contributed by atoms with Crippen LogP contribution in [0.4, 0.5) is 5.69 Å². The molecule has 7 heteroatoms. The Balaban J connectivity index is 1.84. The lowest BCUT2D eigenvalue weighted by Crippen LogP contribution is -2.16. The number of nitrogens with zero attached hydrogens (tertiary/aromatic N) is 1. The van der Waals surface area contributed by atoms with Crippen molar-refractivity contribution in [1.82, 2.24) is 4.57 Å². The van der Waals surface area contributed by atoms with Crippen LogP contribution in [0.2, 0.25) is 5.02 Å². The number of hydrogen-bond donors (Lipinski definition) is 1. The van der Waals surface area contributed by atoms with Crippen molar-refractivity contribution < 1.29 is 13.2 Å². The molecule has 0 aliphatic rings. The van der Waals surface area contributed by atoms with Crippen LogP contribution in [0.3, 0.4) is 0 Å². The van der Waals surface area contributed by atoms with E-state index in [1.807, 2.05) is 63.2 Å². The van der Waals surface area contributed by atoms with E-state index in [2.05, 4.69) is 15.4 Å². The van der Waals surface area contributed by atoms with E-state index in [0.29, 0.717) is 22.1 Å². The zero-order valence-electron chi connectivity index (χ0n) is 19.9. The van der Waals surface area contributed by atoms with E-state index in [1.165, 1.54) is 0 Å². The third kappa shape index (κ3) is 3.93. The van der Waals surface area contributed by atoms with Crippen molar-refractivity contribution in [2.45, 2.75) is 25.7 Å². The predicted molar refractivity (Wildman–Crippen MR) is 144 cm³/mol. The van der Waals surface area contributed by atoms with Crippen LogP contribution in [-0.4, -0.2) is 20.1 Å². The summed E-state index contributed by atoms with van der Waals surface area (Å²) in [4.78, 5) is 0.199. The van der Waals surface area contributed by atoms with E-state index in [0.717, 1.165) is 38.5 Å². The van der Waals surface area contributed by atoms with Crippen molar-refractivity contribution in [1.29, 1.82) is 0 Å². The van der Waals surface area contributed by atoms with Gasteiger partial charge in [0.15, 0.2) is 0 Å². The van der Waals surface area contributed by atoms with Gasteiger partial charge < -0.3 is 9.30 Å². The van der Waals surface area contributed by atoms with Crippen LogP contribution in [0.5, 0.6) is 5.75 Å². The highest BCUT2D eigenvalue weighted by Gasteiger charge is 2.24. The quantitative estimate of drug-likeness (QED) is 0.276. The monoisotopic (exact) mass is 504 g/mol. The average molecular weight is 505 g/mol. The molecular formula is C28H25ClN2O3S. The summed E-state index contributed by atoms with van der Waals surface area (Å²) in [5.41, 5.74) is 5.60. The first-order valence-corrected chi connectivity index (χ1v) is 13.0. The molecule has 0 aliphatic carbocycles. The second-order valence-electron chi connectivity index (χ2n) is 8.68. The molecule has 0 saturated heterocycles. The number of aromatic nitrogens is 1. The van der Waals surface area contributed by atoms with Crippen LogP contribution in [0, 0.1) is 20.8 Å². The number of nitrogens with one attached hydrogen (secondary N) is 1. The molecule has 0 radical (unpaired) electrons. The van der Waals surface area contributed by atoms with Crippen LogP contribution in [-0.2, 0) is 10.0 Å². The molecule has 0 fully saturated rings. The number of ether oxygens (including phenoxy) is 1. The summed E-state index contributed by atoms with van der Waals surface area (Å²) in [6.07, 6.45) is 0. The second kappa shape index (κ2) is 8.63. The standard InChI is InChI=1S/C28H25ClN2O3S/c1-17-9-12-21(13-10-17)35(32,33)30-24-15-18(2)28(34-4)19(3)27(24)31-25-8-6-5-7-22(25)23-14-11-20(29)16-26(23)31/h5-16,30H,1-4H3. The molecule has 0 bridgehead atoms. The SMILES string of the molecule is COc1c(C)cc(NS(=O)(=O)c2ccc(C)cc2)c(-n2c3ccccc3c3ccc(Cl)cc32)c1C. The van der Waals surface area contributed by atoms with Crippen molar-refractivity contribution in [3.05, 3.63) is 94.5 Å². The minimum atomic E-state index is -3.84. The van der Waals surface area contributed by atoms with E-state index < -0.39 is 10.0 Å². The lowest BCUT2D eigenvalue weighted by molar-refractivity contribution is 0.408. The first kappa shape index (κ1) is 23.3. The van der Waals surface area contributed by atoms with E-state index >= 15 is 0 Å². The van der Waals surface area contributed by atoms with Crippen LogP contribution >= 0.6 is 11.6 Å². The Hall–Kier alpha value is -3.48. The fraction of sp³-hybridized carbons (Fsp3) is 0.143. The maximum atomic E-state index is 13.4. The minimum absolute atomic E-state index is 0.199. The Morgan fingerprint density at radius 3 is 2.26 bits per heavy atom. The second-order valence-corrected chi connectivity index (χ2v) is 10.8. The maximum absolute atomic E-state index is 13.4. The Morgan fingerprint density at radius 2 is 1.54 bits per heavy atom. The van der Waals surface area contributed by atoms with Gasteiger partial charge in [0.05, 0.1) is 34.4 Å². The van der Waals surface area contributed by atoms with Gasteiger partial charge in [0, 0.05) is 21.4 Å². The third-order valence-electron chi connectivity index (χ3n) is 6.31. The van der Waals surface area contributed by atoms with Gasteiger partial charge in [0.1, 0.15) is 5.75 Å². The number of benzene rings is 4. The minimum Gasteiger partial charge on any atom is -0.496 e. The molecular weight excluding hydrogens is 480 g/mol. The molecule has 5 rings (SSSR count). The van der Waals surface area contributed by atoms with Gasteiger partial charge in [-0.25, -0.2) is 8.42 Å². The number of methoxy groups -OCH3 is 1. The number of anilines is 1. The smallest absolute Gasteiger partial charge is 0.261 e. The van der Waals surface area contributed by atoms with E-state index in [4.69, 9.17) is 16.3 Å². The normalized spacial score (nSPS) is 11.8. The van der Waals surface area contributed by atoms with Gasteiger partial charge in [-0.15, -0.1) is 0 Å². The largest absolute Gasteiger partial charge is 0.496 e. The molecule has 4 aromatic carbocycles. The molecule has 5 aromatic rings. The van der Waals surface area contributed by atoms with Crippen LogP contribution in [0.1, 0.15) is 16.7 Å². The van der Waals surface area contributed by atoms with Crippen molar-refractivity contribution >= 4 is 49.1 Å². The molecule has 35 heavy (non-hydrogen) atoms. The van der Waals surface area contributed by atoms with E-state index in [1.54, 1.807) is 31.4 Å². The van der Waals surface area contributed by atoms with Crippen molar-refractivity contribution in [3.8, 4) is 11.4 Å². The van der Waals surface area contributed by atoms with Crippen LogP contribution < -0.4 is 9.46 Å². The number of aryl methyl sites for hydroxylation is 2. The molecule has 0 unspecified atom stereocenters. The highest BCUT2D eigenvalue weighted by molar-refractivity contribution is 7.92. The maximum Gasteiger partial charge on any atom is 0.261 e. The molecule has 1 N–H and O–H groups in total. The summed E-state index contributed by atoms with van der Waals surface area (Å²) in [5, 5.41) is 2.67.